The van der Waals surface area contributed by atoms with Crippen LogP contribution in [0, 0.1) is 0 Å². The Labute approximate surface area is 208 Å². The summed E-state index contributed by atoms with van der Waals surface area (Å²) >= 11 is 4.65. The van der Waals surface area contributed by atoms with Crippen LogP contribution in [-0.2, 0) is 14.3 Å². The first-order valence-corrected chi connectivity index (χ1v) is 12.0. The van der Waals surface area contributed by atoms with E-state index in [1.807, 2.05) is 24.3 Å². The lowest BCUT2D eigenvalue weighted by Gasteiger charge is -2.23. The van der Waals surface area contributed by atoms with Crippen LogP contribution in [0.25, 0.3) is 0 Å². The molecule has 7 nitrogen and oxygen atoms in total. The number of halogens is 1. The molecule has 1 atom stereocenters. The molecule has 34 heavy (non-hydrogen) atoms. The quantitative estimate of drug-likeness (QED) is 0.326. The van der Waals surface area contributed by atoms with E-state index in [0.717, 1.165) is 15.1 Å². The zero-order valence-electron chi connectivity index (χ0n) is 17.7. The number of thioether (sulfide) groups is 1. The largest absolute Gasteiger partial charge is 0.454 e. The number of anilines is 2. The number of esters is 1. The molecular formula is C25H19BrN2O5S. The lowest BCUT2D eigenvalue weighted by molar-refractivity contribution is -0.120. The molecule has 0 spiro atoms. The standard InChI is InChI=1S/C25H19BrN2O5S/c26-17-9-5-15(6-10-17)20(29)14-33-25(32)16-7-11-18(12-8-16)27-23(30)13-22-24(31)28-19-3-1-2-4-21(19)34-22/h1-12,22H,13-14H2,(H,27,30)(H,28,31). The summed E-state index contributed by atoms with van der Waals surface area (Å²) in [6.07, 6.45) is 0.00674. The van der Waals surface area contributed by atoms with Crippen LogP contribution in [0.15, 0.2) is 82.2 Å². The lowest BCUT2D eigenvalue weighted by Crippen LogP contribution is -2.32. The third-order valence-electron chi connectivity index (χ3n) is 4.98. The van der Waals surface area contributed by atoms with Gasteiger partial charge >= 0.3 is 5.97 Å². The summed E-state index contributed by atoms with van der Waals surface area (Å²) in [5, 5.41) is 5.01. The van der Waals surface area contributed by atoms with Crippen molar-refractivity contribution < 1.29 is 23.9 Å². The SMILES string of the molecule is O=C(CC1Sc2ccccc2NC1=O)Nc1ccc(C(=O)OCC(=O)c2ccc(Br)cc2)cc1. The molecule has 0 saturated heterocycles. The van der Waals surface area contributed by atoms with E-state index in [2.05, 4.69) is 26.6 Å². The molecule has 4 rings (SSSR count). The second kappa shape index (κ2) is 10.7. The van der Waals surface area contributed by atoms with Crippen molar-refractivity contribution in [3.8, 4) is 0 Å². The summed E-state index contributed by atoms with van der Waals surface area (Å²) in [5.41, 5.74) is 1.92. The zero-order valence-corrected chi connectivity index (χ0v) is 20.1. The van der Waals surface area contributed by atoms with Crippen molar-refractivity contribution in [1.29, 1.82) is 0 Å². The second-order valence-corrected chi connectivity index (χ2v) is 9.59. The van der Waals surface area contributed by atoms with Gasteiger partial charge in [0, 0.05) is 27.0 Å². The first-order chi connectivity index (χ1) is 16.4. The molecule has 0 saturated carbocycles. The average Bonchev–Trinajstić information content (AvgIpc) is 2.83. The molecule has 2 N–H and O–H groups in total. The number of benzene rings is 3. The molecule has 3 aromatic rings. The number of fused-ring (bicyclic) bond motifs is 1. The highest BCUT2D eigenvalue weighted by molar-refractivity contribution is 9.10. The van der Waals surface area contributed by atoms with Crippen LogP contribution in [0.2, 0.25) is 0 Å². The van der Waals surface area contributed by atoms with Crippen LogP contribution in [-0.4, -0.2) is 35.4 Å². The molecule has 0 aliphatic carbocycles. The Kier molecular flexibility index (Phi) is 7.44. The molecule has 1 aliphatic heterocycles. The molecule has 3 aromatic carbocycles. The van der Waals surface area contributed by atoms with Crippen LogP contribution in [0.1, 0.15) is 27.1 Å². The van der Waals surface area contributed by atoms with Crippen molar-refractivity contribution in [2.24, 2.45) is 0 Å². The van der Waals surface area contributed by atoms with Crippen molar-refractivity contribution in [2.75, 3.05) is 17.2 Å². The van der Waals surface area contributed by atoms with Gasteiger partial charge in [0.1, 0.15) is 0 Å². The number of carbonyl (C=O) groups is 4. The van der Waals surface area contributed by atoms with E-state index in [0.29, 0.717) is 11.3 Å². The van der Waals surface area contributed by atoms with Gasteiger partial charge in [0.15, 0.2) is 12.4 Å². The smallest absolute Gasteiger partial charge is 0.338 e. The van der Waals surface area contributed by atoms with Crippen molar-refractivity contribution in [3.05, 3.63) is 88.4 Å². The van der Waals surface area contributed by atoms with E-state index in [9.17, 15) is 19.2 Å². The van der Waals surface area contributed by atoms with Crippen LogP contribution >= 0.6 is 27.7 Å². The Morgan fingerprint density at radius 2 is 1.62 bits per heavy atom. The van der Waals surface area contributed by atoms with Gasteiger partial charge in [0.2, 0.25) is 11.8 Å². The van der Waals surface area contributed by atoms with E-state index in [1.165, 1.54) is 23.9 Å². The number of amides is 2. The molecule has 0 radical (unpaired) electrons. The number of Topliss-reactive ketones (excluding diaryl/α,β-unsaturated/α-hetero) is 1. The third-order valence-corrected chi connectivity index (χ3v) is 6.79. The normalized spacial score (nSPS) is 14.5. The number of ketones is 1. The molecule has 1 unspecified atom stereocenters. The number of hydrogen-bond donors (Lipinski definition) is 2. The lowest BCUT2D eigenvalue weighted by atomic mass is 10.1. The summed E-state index contributed by atoms with van der Waals surface area (Å²) in [6, 6.07) is 20.3. The van der Waals surface area contributed by atoms with Crippen LogP contribution in [0.3, 0.4) is 0 Å². The molecule has 1 heterocycles. The molecule has 0 fully saturated rings. The van der Waals surface area contributed by atoms with Gasteiger partial charge in [-0.15, -0.1) is 11.8 Å². The number of rotatable bonds is 7. The first kappa shape index (κ1) is 23.7. The van der Waals surface area contributed by atoms with Crippen LogP contribution in [0.5, 0.6) is 0 Å². The number of para-hydroxylation sites is 1. The Balaban J connectivity index is 1.28. The summed E-state index contributed by atoms with van der Waals surface area (Å²) in [7, 11) is 0. The predicted octanol–water partition coefficient (Wildman–Crippen LogP) is 4.93. The molecular weight excluding hydrogens is 520 g/mol. The highest BCUT2D eigenvalue weighted by atomic mass is 79.9. The Morgan fingerprint density at radius 1 is 0.941 bits per heavy atom. The van der Waals surface area contributed by atoms with Crippen molar-refractivity contribution in [2.45, 2.75) is 16.6 Å². The maximum Gasteiger partial charge on any atom is 0.338 e. The fourth-order valence-corrected chi connectivity index (χ4v) is 4.61. The van der Waals surface area contributed by atoms with Crippen LogP contribution in [0.4, 0.5) is 11.4 Å². The Bertz CT molecular complexity index is 1240. The van der Waals surface area contributed by atoms with Crippen molar-refractivity contribution >= 4 is 62.6 Å². The average molecular weight is 539 g/mol. The van der Waals surface area contributed by atoms with E-state index in [-0.39, 0.29) is 36.2 Å². The maximum absolute atomic E-state index is 12.5. The molecule has 2 amide bonds. The van der Waals surface area contributed by atoms with Crippen LogP contribution < -0.4 is 10.6 Å². The van der Waals surface area contributed by atoms with Gasteiger partial charge in [-0.2, -0.15) is 0 Å². The minimum Gasteiger partial charge on any atom is -0.454 e. The Morgan fingerprint density at radius 3 is 2.35 bits per heavy atom. The zero-order chi connectivity index (χ0) is 24.1. The summed E-state index contributed by atoms with van der Waals surface area (Å²) in [6.45, 7) is -0.372. The molecule has 1 aliphatic rings. The third kappa shape index (κ3) is 5.92. The first-order valence-electron chi connectivity index (χ1n) is 10.3. The van der Waals surface area contributed by atoms with E-state index >= 15 is 0 Å². The topological polar surface area (TPSA) is 102 Å². The molecule has 0 aromatic heterocycles. The van der Waals surface area contributed by atoms with E-state index < -0.39 is 11.2 Å². The van der Waals surface area contributed by atoms with E-state index in [4.69, 9.17) is 4.74 Å². The number of ether oxygens (including phenoxy) is 1. The second-order valence-electron chi connectivity index (χ2n) is 7.43. The predicted molar refractivity (Wildman–Crippen MR) is 133 cm³/mol. The molecule has 0 bridgehead atoms. The van der Waals surface area contributed by atoms with Gasteiger partial charge in [0.25, 0.3) is 0 Å². The van der Waals surface area contributed by atoms with Gasteiger partial charge < -0.3 is 15.4 Å². The highest BCUT2D eigenvalue weighted by Crippen LogP contribution is 2.36. The van der Waals surface area contributed by atoms with Gasteiger partial charge in [-0.25, -0.2) is 4.79 Å². The van der Waals surface area contributed by atoms with Gasteiger partial charge in [0.05, 0.1) is 16.5 Å². The highest BCUT2D eigenvalue weighted by Gasteiger charge is 2.28. The summed E-state index contributed by atoms with van der Waals surface area (Å²) < 4.78 is 5.95. The summed E-state index contributed by atoms with van der Waals surface area (Å²) in [4.78, 5) is 50.1. The van der Waals surface area contributed by atoms with Crippen molar-refractivity contribution in [3.63, 3.8) is 0 Å². The van der Waals surface area contributed by atoms with Crippen molar-refractivity contribution in [1.82, 2.24) is 0 Å². The van der Waals surface area contributed by atoms with Gasteiger partial charge in [-0.05, 0) is 48.5 Å². The Hall–Kier alpha value is -3.43. The minimum atomic E-state index is -0.641. The maximum atomic E-state index is 12.5. The van der Waals surface area contributed by atoms with Gasteiger partial charge in [-0.1, -0.05) is 40.2 Å². The fourth-order valence-electron chi connectivity index (χ4n) is 3.23. The number of nitrogens with one attached hydrogen (secondary N) is 2. The molecule has 172 valence electrons. The summed E-state index contributed by atoms with van der Waals surface area (Å²) in [5.74, 6) is -1.48. The molecule has 9 heteroatoms. The fraction of sp³-hybridized carbons (Fsp3) is 0.120. The number of carbonyl (C=O) groups excluding carboxylic acids is 4. The number of hydrogen-bond acceptors (Lipinski definition) is 6. The van der Waals surface area contributed by atoms with E-state index in [1.54, 1.807) is 36.4 Å². The minimum absolute atomic E-state index is 0.00674. The monoisotopic (exact) mass is 538 g/mol. The van der Waals surface area contributed by atoms with Gasteiger partial charge in [-0.3, -0.25) is 14.4 Å².